The highest BCUT2D eigenvalue weighted by molar-refractivity contribution is 5.96. The Labute approximate surface area is 131 Å². The molecule has 2 atom stereocenters. The van der Waals surface area contributed by atoms with Gasteiger partial charge in [0.15, 0.2) is 0 Å². The van der Waals surface area contributed by atoms with Crippen molar-refractivity contribution >= 4 is 24.0 Å². The lowest BCUT2D eigenvalue weighted by atomic mass is 10.1. The predicted molar refractivity (Wildman–Crippen MR) is 85.4 cm³/mol. The van der Waals surface area contributed by atoms with Crippen LogP contribution in [0.5, 0.6) is 5.75 Å². The van der Waals surface area contributed by atoms with Crippen LogP contribution in [0.1, 0.15) is 19.4 Å². The Bertz CT molecular complexity index is 482. The second-order valence-electron chi connectivity index (χ2n) is 4.91. The summed E-state index contributed by atoms with van der Waals surface area (Å²) in [5.74, 6) is 0.750. The van der Waals surface area contributed by atoms with Gasteiger partial charge in [0.25, 0.3) is 0 Å². The second-order valence-corrected chi connectivity index (χ2v) is 4.91. The van der Waals surface area contributed by atoms with E-state index in [4.69, 9.17) is 9.47 Å². The zero-order chi connectivity index (χ0) is 14.5. The van der Waals surface area contributed by atoms with E-state index in [0.29, 0.717) is 19.8 Å². The van der Waals surface area contributed by atoms with Crippen LogP contribution >= 0.6 is 12.4 Å². The predicted octanol–water partition coefficient (Wildman–Crippen LogP) is 2.13. The third-order valence-corrected chi connectivity index (χ3v) is 3.37. The Balaban J connectivity index is 0.00000220. The van der Waals surface area contributed by atoms with Gasteiger partial charge in [-0.25, -0.2) is 0 Å². The van der Waals surface area contributed by atoms with Gasteiger partial charge in [0, 0.05) is 12.2 Å². The maximum Gasteiger partial charge on any atom is 0.244 e. The molecule has 0 radical (unpaired) electrons. The summed E-state index contributed by atoms with van der Waals surface area (Å²) in [5.41, 5.74) is 1.78. The Morgan fingerprint density at radius 2 is 2.29 bits per heavy atom. The quantitative estimate of drug-likeness (QED) is 0.894. The maximum absolute atomic E-state index is 12.3. The van der Waals surface area contributed by atoms with E-state index in [1.807, 2.05) is 39.0 Å². The van der Waals surface area contributed by atoms with Crippen LogP contribution in [-0.4, -0.2) is 37.8 Å². The van der Waals surface area contributed by atoms with Gasteiger partial charge >= 0.3 is 0 Å². The van der Waals surface area contributed by atoms with E-state index in [-0.39, 0.29) is 30.5 Å². The molecule has 1 aliphatic heterocycles. The molecule has 1 aromatic carbocycles. The first kappa shape index (κ1) is 17.8. The largest absolute Gasteiger partial charge is 0.494 e. The number of ether oxygens (including phenoxy) is 2. The number of anilines is 1. The molecule has 21 heavy (non-hydrogen) atoms. The van der Waals surface area contributed by atoms with Gasteiger partial charge in [-0.1, -0.05) is 0 Å². The summed E-state index contributed by atoms with van der Waals surface area (Å²) in [6.07, 6.45) is -0.119. The fraction of sp³-hybridized carbons (Fsp3) is 0.533. The van der Waals surface area contributed by atoms with Gasteiger partial charge in [-0.05, 0) is 44.5 Å². The van der Waals surface area contributed by atoms with Gasteiger partial charge in [-0.15, -0.1) is 12.4 Å². The van der Waals surface area contributed by atoms with E-state index in [9.17, 15) is 4.79 Å². The zero-order valence-electron chi connectivity index (χ0n) is 12.6. The molecular formula is C15H23ClN2O3. The summed E-state index contributed by atoms with van der Waals surface area (Å²) in [4.78, 5) is 12.3. The summed E-state index contributed by atoms with van der Waals surface area (Å²) < 4.78 is 10.9. The number of hydrogen-bond donors (Lipinski definition) is 2. The summed E-state index contributed by atoms with van der Waals surface area (Å²) in [6, 6.07) is 5.34. The number of morpholine rings is 1. The van der Waals surface area contributed by atoms with Gasteiger partial charge in [0.2, 0.25) is 5.91 Å². The minimum absolute atomic E-state index is 0. The highest BCUT2D eigenvalue weighted by atomic mass is 35.5. The summed E-state index contributed by atoms with van der Waals surface area (Å²) in [7, 11) is 0. The molecule has 2 N–H and O–H groups in total. The fourth-order valence-electron chi connectivity index (χ4n) is 2.27. The molecule has 5 nitrogen and oxygen atoms in total. The summed E-state index contributed by atoms with van der Waals surface area (Å²) in [5, 5.41) is 6.12. The van der Waals surface area contributed by atoms with Crippen LogP contribution in [0.3, 0.4) is 0 Å². The number of hydrogen-bond acceptors (Lipinski definition) is 4. The van der Waals surface area contributed by atoms with Crippen molar-refractivity contribution in [1.29, 1.82) is 0 Å². The topological polar surface area (TPSA) is 59.6 Å². The number of nitrogens with one attached hydrogen (secondary N) is 2. The molecule has 1 amide bonds. The van der Waals surface area contributed by atoms with E-state index in [0.717, 1.165) is 17.0 Å². The zero-order valence-corrected chi connectivity index (χ0v) is 13.5. The van der Waals surface area contributed by atoms with Crippen LogP contribution in [0.15, 0.2) is 18.2 Å². The molecule has 118 valence electrons. The van der Waals surface area contributed by atoms with E-state index in [2.05, 4.69) is 10.6 Å². The first-order valence-electron chi connectivity index (χ1n) is 7.01. The molecule has 0 spiro atoms. The Morgan fingerprint density at radius 3 is 2.90 bits per heavy atom. The number of carbonyl (C=O) groups is 1. The highest BCUT2D eigenvalue weighted by Gasteiger charge is 2.28. The van der Waals surface area contributed by atoms with Crippen LogP contribution < -0.4 is 15.4 Å². The van der Waals surface area contributed by atoms with Crippen LogP contribution in [0.4, 0.5) is 5.69 Å². The Kier molecular flexibility index (Phi) is 6.95. The molecule has 1 heterocycles. The molecule has 0 saturated carbocycles. The lowest BCUT2D eigenvalue weighted by Gasteiger charge is -2.29. The molecule has 0 bridgehead atoms. The van der Waals surface area contributed by atoms with Crippen LogP contribution in [0, 0.1) is 6.92 Å². The number of amides is 1. The van der Waals surface area contributed by atoms with Gasteiger partial charge < -0.3 is 20.1 Å². The number of rotatable bonds is 4. The van der Waals surface area contributed by atoms with Crippen molar-refractivity contribution in [2.75, 3.05) is 25.1 Å². The number of carbonyl (C=O) groups excluding carboxylic acids is 1. The molecule has 0 aromatic heterocycles. The SMILES string of the molecule is CCOc1ccc(NC(=O)[C@H]2NCCO[C@@H]2C)c(C)c1.Cl. The minimum Gasteiger partial charge on any atom is -0.494 e. The van der Waals surface area contributed by atoms with E-state index < -0.39 is 0 Å². The first-order valence-corrected chi connectivity index (χ1v) is 7.01. The standard InChI is InChI=1S/C15H22N2O3.ClH/c1-4-19-12-5-6-13(10(2)9-12)17-15(18)14-11(3)20-8-7-16-14;/h5-6,9,11,14,16H,4,7-8H2,1-3H3,(H,17,18);1H/t11-,14+;/m1./s1. The molecule has 1 aromatic rings. The lowest BCUT2D eigenvalue weighted by molar-refractivity contribution is -0.123. The van der Waals surface area contributed by atoms with Gasteiger partial charge in [-0.3, -0.25) is 4.79 Å². The average Bonchev–Trinajstić information content (AvgIpc) is 2.42. The Hall–Kier alpha value is -1.30. The maximum atomic E-state index is 12.3. The van der Waals surface area contributed by atoms with Crippen molar-refractivity contribution in [1.82, 2.24) is 5.32 Å². The van der Waals surface area contributed by atoms with Gasteiger partial charge in [-0.2, -0.15) is 0 Å². The fourth-order valence-corrected chi connectivity index (χ4v) is 2.27. The molecular weight excluding hydrogens is 292 g/mol. The third kappa shape index (κ3) is 4.59. The van der Waals surface area contributed by atoms with Crippen molar-refractivity contribution in [3.8, 4) is 5.75 Å². The second kappa shape index (κ2) is 8.22. The number of benzene rings is 1. The lowest BCUT2D eigenvalue weighted by Crippen LogP contribution is -2.53. The number of aryl methyl sites for hydroxylation is 1. The molecule has 0 aliphatic carbocycles. The van der Waals surface area contributed by atoms with Gasteiger partial charge in [0.1, 0.15) is 11.8 Å². The van der Waals surface area contributed by atoms with Crippen molar-refractivity contribution in [2.24, 2.45) is 0 Å². The highest BCUT2D eigenvalue weighted by Crippen LogP contribution is 2.22. The monoisotopic (exact) mass is 314 g/mol. The molecule has 6 heteroatoms. The van der Waals surface area contributed by atoms with Crippen LogP contribution in [0.2, 0.25) is 0 Å². The average molecular weight is 315 g/mol. The van der Waals surface area contributed by atoms with E-state index >= 15 is 0 Å². The third-order valence-electron chi connectivity index (χ3n) is 3.37. The molecule has 0 unspecified atom stereocenters. The van der Waals surface area contributed by atoms with Crippen LogP contribution in [-0.2, 0) is 9.53 Å². The Morgan fingerprint density at radius 1 is 1.52 bits per heavy atom. The number of halogens is 1. The molecule has 1 fully saturated rings. The van der Waals surface area contributed by atoms with Gasteiger partial charge in [0.05, 0.1) is 19.3 Å². The molecule has 1 saturated heterocycles. The van der Waals surface area contributed by atoms with Crippen molar-refractivity contribution < 1.29 is 14.3 Å². The van der Waals surface area contributed by atoms with E-state index in [1.54, 1.807) is 0 Å². The summed E-state index contributed by atoms with van der Waals surface area (Å²) in [6.45, 7) is 7.78. The van der Waals surface area contributed by atoms with Crippen molar-refractivity contribution in [3.63, 3.8) is 0 Å². The normalized spacial score (nSPS) is 21.3. The molecule has 2 rings (SSSR count). The van der Waals surface area contributed by atoms with Crippen molar-refractivity contribution in [2.45, 2.75) is 32.9 Å². The minimum atomic E-state index is -0.310. The van der Waals surface area contributed by atoms with Crippen LogP contribution in [0.25, 0.3) is 0 Å². The summed E-state index contributed by atoms with van der Waals surface area (Å²) >= 11 is 0. The van der Waals surface area contributed by atoms with Crippen molar-refractivity contribution in [3.05, 3.63) is 23.8 Å². The smallest absolute Gasteiger partial charge is 0.244 e. The first-order chi connectivity index (χ1) is 9.61. The molecule has 1 aliphatic rings. The van der Waals surface area contributed by atoms with E-state index in [1.165, 1.54) is 0 Å².